The number of fused-ring (bicyclic) bond motifs is 1. The van der Waals surface area contributed by atoms with Gasteiger partial charge in [-0.3, -0.25) is 29.4 Å². The lowest BCUT2D eigenvalue weighted by atomic mass is 10.0. The first-order valence-electron chi connectivity index (χ1n) is 10.2. The van der Waals surface area contributed by atoms with E-state index in [0.717, 1.165) is 10.5 Å². The van der Waals surface area contributed by atoms with E-state index in [1.807, 2.05) is 13.0 Å². The predicted octanol–water partition coefficient (Wildman–Crippen LogP) is 1.52. The molecule has 4 amide bonds. The Hall–Kier alpha value is -4.65. The number of nitrogens with one attached hydrogen (secondary N) is 1. The Labute approximate surface area is 187 Å². The van der Waals surface area contributed by atoms with E-state index >= 15 is 0 Å². The third-order valence-electron chi connectivity index (χ3n) is 5.69. The van der Waals surface area contributed by atoms with Gasteiger partial charge in [0.15, 0.2) is 0 Å². The predicted molar refractivity (Wildman–Crippen MR) is 113 cm³/mol. The molecule has 0 bridgehead atoms. The number of imide groups is 2. The van der Waals surface area contributed by atoms with Gasteiger partial charge in [-0.1, -0.05) is 11.3 Å². The molecule has 3 aromatic rings. The molecule has 33 heavy (non-hydrogen) atoms. The van der Waals surface area contributed by atoms with Crippen molar-refractivity contribution >= 4 is 23.6 Å². The van der Waals surface area contributed by atoms with Crippen LogP contribution in [-0.2, 0) is 9.59 Å². The summed E-state index contributed by atoms with van der Waals surface area (Å²) in [5.41, 5.74) is 3.17. The van der Waals surface area contributed by atoms with Gasteiger partial charge in [-0.05, 0) is 49.2 Å². The molecule has 10 heteroatoms. The molecular weight excluding hydrogens is 424 g/mol. The minimum Gasteiger partial charge on any atom is -0.295 e. The molecule has 2 aromatic carbocycles. The van der Waals surface area contributed by atoms with Gasteiger partial charge in [0.05, 0.1) is 34.6 Å². The van der Waals surface area contributed by atoms with Gasteiger partial charge < -0.3 is 0 Å². The zero-order chi connectivity index (χ0) is 23.3. The van der Waals surface area contributed by atoms with Gasteiger partial charge in [0, 0.05) is 12.0 Å². The number of rotatable bonds is 3. The van der Waals surface area contributed by atoms with Crippen LogP contribution in [0.4, 0.5) is 0 Å². The van der Waals surface area contributed by atoms with E-state index < -0.39 is 29.7 Å². The number of aromatic nitrogens is 3. The maximum absolute atomic E-state index is 13.3. The second-order valence-electron chi connectivity index (χ2n) is 7.89. The molecular formula is C23H16N6O4. The van der Waals surface area contributed by atoms with E-state index in [2.05, 4.69) is 21.7 Å². The normalized spacial score (nSPS) is 17.7. The SMILES string of the molecule is Cc1cc(C#N)cc(-c2cn(-c3cccc4c3C(=O)N(C3CCC(=O)NC3=O)C4=O)nn2)c1. The molecule has 1 N–H and O–H groups in total. The van der Waals surface area contributed by atoms with Crippen LogP contribution in [-0.4, -0.2) is 49.6 Å². The third kappa shape index (κ3) is 3.27. The average molecular weight is 440 g/mol. The maximum Gasteiger partial charge on any atom is 0.264 e. The van der Waals surface area contributed by atoms with Crippen LogP contribution in [0.15, 0.2) is 42.6 Å². The fourth-order valence-electron chi connectivity index (χ4n) is 4.20. The molecule has 1 fully saturated rings. The summed E-state index contributed by atoms with van der Waals surface area (Å²) in [4.78, 5) is 51.0. The number of benzene rings is 2. The molecule has 0 spiro atoms. The summed E-state index contributed by atoms with van der Waals surface area (Å²) in [5.74, 6) is -2.32. The lowest BCUT2D eigenvalue weighted by molar-refractivity contribution is -0.136. The van der Waals surface area contributed by atoms with Crippen molar-refractivity contribution in [1.82, 2.24) is 25.2 Å². The van der Waals surface area contributed by atoms with Crippen molar-refractivity contribution in [3.8, 4) is 23.0 Å². The van der Waals surface area contributed by atoms with Crippen LogP contribution in [0.25, 0.3) is 16.9 Å². The highest BCUT2D eigenvalue weighted by molar-refractivity contribution is 6.24. The van der Waals surface area contributed by atoms with Crippen LogP contribution in [0.3, 0.4) is 0 Å². The van der Waals surface area contributed by atoms with Gasteiger partial charge in [0.2, 0.25) is 11.8 Å². The number of piperidine rings is 1. The molecule has 1 unspecified atom stereocenters. The van der Waals surface area contributed by atoms with Crippen LogP contribution in [0, 0.1) is 18.3 Å². The highest BCUT2D eigenvalue weighted by Crippen LogP contribution is 2.32. The third-order valence-corrected chi connectivity index (χ3v) is 5.69. The standard InChI is InChI=1S/C23H16N6O4/c1-12-7-13(10-24)9-14(8-12)16-11-28(27-26-16)17-4-2-3-15-20(17)23(33)29(22(15)32)18-5-6-19(30)25-21(18)31/h2-4,7-9,11,18H,5-6H2,1H3,(H,25,30,31). The zero-order valence-electron chi connectivity index (χ0n) is 17.4. The van der Waals surface area contributed by atoms with Crippen LogP contribution < -0.4 is 5.32 Å². The van der Waals surface area contributed by atoms with Crippen LogP contribution in [0.5, 0.6) is 0 Å². The summed E-state index contributed by atoms with van der Waals surface area (Å²) in [5, 5.41) is 19.7. The summed E-state index contributed by atoms with van der Waals surface area (Å²) in [6, 6.07) is 11.1. The smallest absolute Gasteiger partial charge is 0.264 e. The molecule has 0 radical (unpaired) electrons. The van der Waals surface area contributed by atoms with Crippen molar-refractivity contribution in [1.29, 1.82) is 5.26 Å². The average Bonchev–Trinajstić information content (AvgIpc) is 3.38. The number of aryl methyl sites for hydroxylation is 1. The number of nitrogens with zero attached hydrogens (tertiary/aromatic N) is 5. The quantitative estimate of drug-likeness (QED) is 0.609. The first-order valence-corrected chi connectivity index (χ1v) is 10.2. The molecule has 5 rings (SSSR count). The summed E-state index contributed by atoms with van der Waals surface area (Å²) in [6.45, 7) is 1.87. The van der Waals surface area contributed by atoms with E-state index in [1.54, 1.807) is 30.5 Å². The van der Waals surface area contributed by atoms with E-state index in [9.17, 15) is 24.4 Å². The molecule has 1 aromatic heterocycles. The summed E-state index contributed by atoms with van der Waals surface area (Å²) in [7, 11) is 0. The van der Waals surface area contributed by atoms with Gasteiger partial charge in [-0.25, -0.2) is 4.68 Å². The summed E-state index contributed by atoms with van der Waals surface area (Å²) >= 11 is 0. The Kier molecular flexibility index (Phi) is 4.60. The minimum absolute atomic E-state index is 0.0459. The summed E-state index contributed by atoms with van der Waals surface area (Å²) < 4.78 is 1.39. The number of nitriles is 1. The molecule has 10 nitrogen and oxygen atoms in total. The van der Waals surface area contributed by atoms with E-state index in [0.29, 0.717) is 22.5 Å². The summed E-state index contributed by atoms with van der Waals surface area (Å²) in [6.07, 6.45) is 1.73. The second-order valence-corrected chi connectivity index (χ2v) is 7.89. The Morgan fingerprint density at radius 3 is 2.70 bits per heavy atom. The first kappa shape index (κ1) is 20.3. The van der Waals surface area contributed by atoms with E-state index in [1.165, 1.54) is 10.7 Å². The lowest BCUT2D eigenvalue weighted by Gasteiger charge is -2.27. The Morgan fingerprint density at radius 1 is 1.12 bits per heavy atom. The molecule has 0 saturated carbocycles. The maximum atomic E-state index is 13.3. The molecule has 2 aliphatic rings. The largest absolute Gasteiger partial charge is 0.295 e. The van der Waals surface area contributed by atoms with Gasteiger partial charge in [-0.2, -0.15) is 5.26 Å². The molecule has 3 heterocycles. The van der Waals surface area contributed by atoms with E-state index in [4.69, 9.17) is 0 Å². The van der Waals surface area contributed by atoms with Crippen LogP contribution in [0.1, 0.15) is 44.7 Å². The van der Waals surface area contributed by atoms with Crippen molar-refractivity contribution in [3.63, 3.8) is 0 Å². The molecule has 2 aliphatic heterocycles. The number of amides is 4. The molecule has 1 atom stereocenters. The Bertz CT molecular complexity index is 1420. The van der Waals surface area contributed by atoms with Crippen molar-refractivity contribution < 1.29 is 19.2 Å². The number of carbonyl (C=O) groups is 4. The van der Waals surface area contributed by atoms with Crippen molar-refractivity contribution in [3.05, 3.63) is 64.8 Å². The lowest BCUT2D eigenvalue weighted by Crippen LogP contribution is -2.54. The Balaban J connectivity index is 1.54. The molecule has 1 saturated heterocycles. The minimum atomic E-state index is -1.05. The highest BCUT2D eigenvalue weighted by atomic mass is 16.2. The fourth-order valence-corrected chi connectivity index (χ4v) is 4.20. The van der Waals surface area contributed by atoms with Gasteiger partial charge in [-0.15, -0.1) is 5.10 Å². The topological polar surface area (TPSA) is 138 Å². The van der Waals surface area contributed by atoms with Crippen molar-refractivity contribution in [2.24, 2.45) is 0 Å². The van der Waals surface area contributed by atoms with Crippen LogP contribution in [0.2, 0.25) is 0 Å². The van der Waals surface area contributed by atoms with Crippen molar-refractivity contribution in [2.45, 2.75) is 25.8 Å². The van der Waals surface area contributed by atoms with Crippen molar-refractivity contribution in [2.75, 3.05) is 0 Å². The molecule has 162 valence electrons. The fraction of sp³-hybridized carbons (Fsp3) is 0.174. The number of hydrogen-bond donors (Lipinski definition) is 1. The highest BCUT2D eigenvalue weighted by Gasteiger charge is 2.45. The zero-order valence-corrected chi connectivity index (χ0v) is 17.4. The number of carbonyl (C=O) groups excluding carboxylic acids is 4. The Morgan fingerprint density at radius 2 is 1.94 bits per heavy atom. The first-order chi connectivity index (χ1) is 15.9. The van der Waals surface area contributed by atoms with E-state index in [-0.39, 0.29) is 24.0 Å². The number of hydrogen-bond acceptors (Lipinski definition) is 7. The van der Waals surface area contributed by atoms with Crippen LogP contribution >= 0.6 is 0 Å². The second kappa shape index (κ2) is 7.49. The molecule has 0 aliphatic carbocycles. The van der Waals surface area contributed by atoms with Gasteiger partial charge in [0.25, 0.3) is 11.8 Å². The monoisotopic (exact) mass is 440 g/mol. The van der Waals surface area contributed by atoms with Gasteiger partial charge >= 0.3 is 0 Å². The van der Waals surface area contributed by atoms with Gasteiger partial charge in [0.1, 0.15) is 11.7 Å².